The molecule has 0 aliphatic carbocycles. The van der Waals surface area contributed by atoms with Crippen molar-refractivity contribution in [1.29, 1.82) is 0 Å². The molecule has 0 saturated carbocycles. The Morgan fingerprint density at radius 2 is 2.28 bits per heavy atom. The van der Waals surface area contributed by atoms with Gasteiger partial charge in [-0.3, -0.25) is 0 Å². The number of nitrogens with one attached hydrogen (secondary N) is 1. The highest BCUT2D eigenvalue weighted by Gasteiger charge is 2.21. The number of anilines is 2. The zero-order valence-electron chi connectivity index (χ0n) is 9.84. The van der Waals surface area contributed by atoms with Crippen LogP contribution in [-0.4, -0.2) is 38.3 Å². The Morgan fingerprint density at radius 1 is 1.39 bits per heavy atom. The van der Waals surface area contributed by atoms with E-state index in [1.807, 2.05) is 4.57 Å². The van der Waals surface area contributed by atoms with Gasteiger partial charge in [0, 0.05) is 20.1 Å². The van der Waals surface area contributed by atoms with Crippen LogP contribution in [-0.2, 0) is 13.1 Å². The lowest BCUT2D eigenvalue weighted by Gasteiger charge is -2.28. The van der Waals surface area contributed by atoms with Gasteiger partial charge in [-0.1, -0.05) is 11.6 Å². The maximum absolute atomic E-state index is 6.15. The number of rotatable bonds is 2. The predicted octanol–water partition coefficient (Wildman–Crippen LogP) is 0.783. The van der Waals surface area contributed by atoms with Crippen molar-refractivity contribution in [3.05, 3.63) is 23.4 Å². The molecule has 0 bridgehead atoms. The Labute approximate surface area is 109 Å². The summed E-state index contributed by atoms with van der Waals surface area (Å²) in [5.74, 6) is 2.20. The SMILES string of the molecule is CNc1ncc(Cl)c(N2CCn3cnnc3C2)n1. The highest BCUT2D eigenvalue weighted by atomic mass is 35.5. The Kier molecular flexibility index (Phi) is 2.75. The summed E-state index contributed by atoms with van der Waals surface area (Å²) in [4.78, 5) is 10.5. The van der Waals surface area contributed by atoms with E-state index >= 15 is 0 Å². The molecule has 2 aromatic rings. The van der Waals surface area contributed by atoms with E-state index in [1.54, 1.807) is 19.6 Å². The molecule has 18 heavy (non-hydrogen) atoms. The van der Waals surface area contributed by atoms with Crippen molar-refractivity contribution < 1.29 is 0 Å². The molecule has 1 aliphatic rings. The predicted molar refractivity (Wildman–Crippen MR) is 67.7 cm³/mol. The largest absolute Gasteiger partial charge is 0.357 e. The van der Waals surface area contributed by atoms with Crippen molar-refractivity contribution in [2.45, 2.75) is 13.1 Å². The first-order valence-electron chi connectivity index (χ1n) is 5.60. The maximum Gasteiger partial charge on any atom is 0.224 e. The molecule has 0 saturated heterocycles. The van der Waals surface area contributed by atoms with Gasteiger partial charge in [0.1, 0.15) is 11.3 Å². The fourth-order valence-corrected chi connectivity index (χ4v) is 2.16. The summed E-state index contributed by atoms with van der Waals surface area (Å²) in [5.41, 5.74) is 0. The van der Waals surface area contributed by atoms with Gasteiger partial charge in [0.25, 0.3) is 0 Å². The van der Waals surface area contributed by atoms with Gasteiger partial charge in [-0.05, 0) is 0 Å². The summed E-state index contributed by atoms with van der Waals surface area (Å²) in [6, 6.07) is 0. The molecule has 0 atom stereocenters. The van der Waals surface area contributed by atoms with Crippen molar-refractivity contribution in [2.75, 3.05) is 23.8 Å². The first-order valence-corrected chi connectivity index (χ1v) is 5.97. The molecule has 0 aromatic carbocycles. The lowest BCUT2D eigenvalue weighted by molar-refractivity contribution is 0.556. The lowest BCUT2D eigenvalue weighted by Crippen LogP contribution is -2.34. The van der Waals surface area contributed by atoms with Crippen molar-refractivity contribution >= 4 is 23.4 Å². The number of hydrogen-bond donors (Lipinski definition) is 1. The van der Waals surface area contributed by atoms with Crippen LogP contribution in [0.25, 0.3) is 0 Å². The van der Waals surface area contributed by atoms with Crippen LogP contribution in [0.2, 0.25) is 5.02 Å². The molecule has 94 valence electrons. The van der Waals surface area contributed by atoms with Gasteiger partial charge in [0.2, 0.25) is 5.95 Å². The molecule has 3 rings (SSSR count). The van der Waals surface area contributed by atoms with Crippen molar-refractivity contribution in [3.8, 4) is 0 Å². The van der Waals surface area contributed by atoms with Gasteiger partial charge in [0.05, 0.1) is 12.7 Å². The quantitative estimate of drug-likeness (QED) is 0.865. The average Bonchev–Trinajstić information content (AvgIpc) is 2.86. The van der Waals surface area contributed by atoms with Gasteiger partial charge in [-0.2, -0.15) is 4.98 Å². The molecule has 0 radical (unpaired) electrons. The Bertz CT molecular complexity index is 567. The zero-order chi connectivity index (χ0) is 12.5. The van der Waals surface area contributed by atoms with Gasteiger partial charge in [0.15, 0.2) is 11.6 Å². The normalized spacial score (nSPS) is 14.4. The minimum absolute atomic E-state index is 0.543. The maximum atomic E-state index is 6.15. The van der Waals surface area contributed by atoms with E-state index < -0.39 is 0 Å². The van der Waals surface area contributed by atoms with E-state index in [9.17, 15) is 0 Å². The molecule has 1 N–H and O–H groups in total. The second-order valence-corrected chi connectivity index (χ2v) is 4.38. The highest BCUT2D eigenvalue weighted by Crippen LogP contribution is 2.26. The number of nitrogens with zero attached hydrogens (tertiary/aromatic N) is 6. The first kappa shape index (κ1) is 11.2. The highest BCUT2D eigenvalue weighted by molar-refractivity contribution is 6.32. The van der Waals surface area contributed by atoms with E-state index in [0.717, 1.165) is 24.7 Å². The van der Waals surface area contributed by atoms with E-state index in [0.29, 0.717) is 17.5 Å². The Morgan fingerprint density at radius 3 is 3.11 bits per heavy atom. The molecule has 1 aliphatic heterocycles. The number of aromatic nitrogens is 5. The van der Waals surface area contributed by atoms with Crippen LogP contribution >= 0.6 is 11.6 Å². The summed E-state index contributed by atoms with van der Waals surface area (Å²) in [7, 11) is 1.78. The van der Waals surface area contributed by atoms with E-state index in [-0.39, 0.29) is 0 Å². The third kappa shape index (κ3) is 1.86. The third-order valence-electron chi connectivity index (χ3n) is 2.89. The molecule has 0 unspecified atom stereocenters. The van der Waals surface area contributed by atoms with Crippen LogP contribution in [0.5, 0.6) is 0 Å². The summed E-state index contributed by atoms with van der Waals surface area (Å²) in [6.45, 7) is 2.31. The van der Waals surface area contributed by atoms with Crippen LogP contribution in [0.1, 0.15) is 5.82 Å². The molecule has 8 heteroatoms. The Hall–Kier alpha value is -1.89. The smallest absolute Gasteiger partial charge is 0.224 e. The molecule has 0 fully saturated rings. The summed E-state index contributed by atoms with van der Waals surface area (Å²) in [6.07, 6.45) is 3.35. The topological polar surface area (TPSA) is 71.8 Å². The van der Waals surface area contributed by atoms with Gasteiger partial charge < -0.3 is 14.8 Å². The molecule has 3 heterocycles. The minimum atomic E-state index is 0.543. The van der Waals surface area contributed by atoms with Crippen LogP contribution in [0.3, 0.4) is 0 Å². The summed E-state index contributed by atoms with van der Waals surface area (Å²) >= 11 is 6.15. The van der Waals surface area contributed by atoms with Gasteiger partial charge in [-0.25, -0.2) is 4.98 Å². The van der Waals surface area contributed by atoms with Crippen LogP contribution < -0.4 is 10.2 Å². The third-order valence-corrected chi connectivity index (χ3v) is 3.15. The van der Waals surface area contributed by atoms with Crippen molar-refractivity contribution in [1.82, 2.24) is 24.7 Å². The molecule has 2 aromatic heterocycles. The van der Waals surface area contributed by atoms with Crippen molar-refractivity contribution in [2.24, 2.45) is 0 Å². The number of hydrogen-bond acceptors (Lipinski definition) is 6. The molecule has 0 amide bonds. The molecule has 7 nitrogen and oxygen atoms in total. The van der Waals surface area contributed by atoms with Crippen LogP contribution in [0.4, 0.5) is 11.8 Å². The molecular weight excluding hydrogens is 254 g/mol. The molecule has 0 spiro atoms. The Balaban J connectivity index is 1.92. The average molecular weight is 266 g/mol. The summed E-state index contributed by atoms with van der Waals surface area (Å²) < 4.78 is 2.03. The monoisotopic (exact) mass is 265 g/mol. The van der Waals surface area contributed by atoms with Crippen molar-refractivity contribution in [3.63, 3.8) is 0 Å². The van der Waals surface area contributed by atoms with E-state index in [2.05, 4.69) is 30.4 Å². The van der Waals surface area contributed by atoms with E-state index in [1.165, 1.54) is 0 Å². The zero-order valence-corrected chi connectivity index (χ0v) is 10.6. The number of halogens is 1. The second kappa shape index (κ2) is 4.41. The fourth-order valence-electron chi connectivity index (χ4n) is 1.95. The standard InChI is InChI=1S/C10H12ClN7/c1-12-10-13-4-7(11)9(15-10)17-2-3-18-6-14-16-8(18)5-17/h4,6H,2-3,5H2,1H3,(H,12,13,15). The van der Waals surface area contributed by atoms with Gasteiger partial charge in [-0.15, -0.1) is 10.2 Å². The minimum Gasteiger partial charge on any atom is -0.357 e. The fraction of sp³-hybridized carbons (Fsp3) is 0.400. The van der Waals surface area contributed by atoms with E-state index in [4.69, 9.17) is 11.6 Å². The summed E-state index contributed by atoms with van der Waals surface area (Å²) in [5, 5.41) is 11.4. The lowest BCUT2D eigenvalue weighted by atomic mass is 10.3. The van der Waals surface area contributed by atoms with Gasteiger partial charge >= 0.3 is 0 Å². The molecular formula is C10H12ClN7. The first-order chi connectivity index (χ1) is 8.78. The van der Waals surface area contributed by atoms with Crippen LogP contribution in [0.15, 0.2) is 12.5 Å². The number of fused-ring (bicyclic) bond motifs is 1. The second-order valence-electron chi connectivity index (χ2n) is 3.98. The van der Waals surface area contributed by atoms with Crippen LogP contribution in [0, 0.1) is 0 Å².